The van der Waals surface area contributed by atoms with Crippen LogP contribution in [0.15, 0.2) is 16.8 Å². The average molecular weight is 276 g/mol. The van der Waals surface area contributed by atoms with Crippen LogP contribution in [0, 0.1) is 15.5 Å². The minimum absolute atomic E-state index is 0.0673. The highest BCUT2D eigenvalue weighted by Crippen LogP contribution is 2.36. The largest absolute Gasteiger partial charge is 0.370 e. The average Bonchev–Trinajstić information content (AvgIpc) is 2.86. The van der Waals surface area contributed by atoms with E-state index in [0.717, 1.165) is 31.6 Å². The number of fused-ring (bicyclic) bond motifs is 1. The van der Waals surface area contributed by atoms with Gasteiger partial charge in [0.25, 0.3) is 0 Å². The maximum absolute atomic E-state index is 11.0. The Labute approximate surface area is 115 Å². The van der Waals surface area contributed by atoms with Gasteiger partial charge in [-0.05, 0) is 34.6 Å². The molecule has 2 heterocycles. The molecule has 1 fully saturated rings. The van der Waals surface area contributed by atoms with Crippen molar-refractivity contribution in [2.45, 2.75) is 26.7 Å². The SMILES string of the molecule is CC1(C)CCN(c2ccc([N+](=O)[O-])c3nonc23)CC1. The molecule has 7 heteroatoms. The molecule has 1 aromatic carbocycles. The summed E-state index contributed by atoms with van der Waals surface area (Å²) < 4.78 is 4.70. The van der Waals surface area contributed by atoms with E-state index in [1.54, 1.807) is 6.07 Å². The third-order valence-electron chi connectivity index (χ3n) is 4.03. The smallest absolute Gasteiger partial charge is 0.300 e. The molecule has 0 saturated carbocycles. The summed E-state index contributed by atoms with van der Waals surface area (Å²) in [5, 5.41) is 18.5. The Morgan fingerprint density at radius 3 is 2.55 bits per heavy atom. The molecule has 106 valence electrons. The summed E-state index contributed by atoms with van der Waals surface area (Å²) in [6.07, 6.45) is 2.16. The first-order valence-corrected chi connectivity index (χ1v) is 6.62. The van der Waals surface area contributed by atoms with Crippen LogP contribution in [0.5, 0.6) is 0 Å². The van der Waals surface area contributed by atoms with Gasteiger partial charge in [0.2, 0.25) is 5.52 Å². The van der Waals surface area contributed by atoms with Crippen LogP contribution < -0.4 is 4.90 Å². The maximum Gasteiger partial charge on any atom is 0.300 e. The zero-order valence-corrected chi connectivity index (χ0v) is 11.5. The topological polar surface area (TPSA) is 85.3 Å². The number of nitro groups is 1. The molecule has 0 N–H and O–H groups in total. The molecule has 0 atom stereocenters. The molecular weight excluding hydrogens is 260 g/mol. The number of rotatable bonds is 2. The Bertz CT molecular complexity index is 655. The van der Waals surface area contributed by atoms with E-state index >= 15 is 0 Å². The molecule has 0 aliphatic carbocycles. The summed E-state index contributed by atoms with van der Waals surface area (Å²) in [7, 11) is 0. The molecule has 0 bridgehead atoms. The van der Waals surface area contributed by atoms with Gasteiger partial charge in [0.15, 0.2) is 5.52 Å². The molecule has 1 aliphatic heterocycles. The van der Waals surface area contributed by atoms with Crippen LogP contribution >= 0.6 is 0 Å². The summed E-state index contributed by atoms with van der Waals surface area (Å²) >= 11 is 0. The highest BCUT2D eigenvalue weighted by atomic mass is 16.6. The molecule has 0 amide bonds. The highest BCUT2D eigenvalue weighted by Gasteiger charge is 2.28. The molecule has 1 aromatic heterocycles. The lowest BCUT2D eigenvalue weighted by atomic mass is 9.82. The third-order valence-corrected chi connectivity index (χ3v) is 4.03. The fourth-order valence-corrected chi connectivity index (χ4v) is 2.60. The number of nitrogens with zero attached hydrogens (tertiary/aromatic N) is 4. The number of benzene rings is 1. The molecule has 0 spiro atoms. The zero-order chi connectivity index (χ0) is 14.3. The number of hydrogen-bond donors (Lipinski definition) is 0. The van der Waals surface area contributed by atoms with Crippen LogP contribution in [-0.4, -0.2) is 28.3 Å². The van der Waals surface area contributed by atoms with Crippen molar-refractivity contribution in [3.8, 4) is 0 Å². The van der Waals surface area contributed by atoms with E-state index < -0.39 is 4.92 Å². The normalized spacial score (nSPS) is 18.4. The summed E-state index contributed by atoms with van der Waals surface area (Å²) in [5.41, 5.74) is 1.83. The standard InChI is InChI=1S/C13H16N4O3/c1-13(2)5-7-16(8-6-13)9-3-4-10(17(18)19)12-11(9)14-20-15-12/h3-4H,5-8H2,1-2H3. The van der Waals surface area contributed by atoms with Crippen molar-refractivity contribution in [3.63, 3.8) is 0 Å². The first-order valence-electron chi connectivity index (χ1n) is 6.62. The van der Waals surface area contributed by atoms with Crippen molar-refractivity contribution in [2.24, 2.45) is 5.41 Å². The van der Waals surface area contributed by atoms with Gasteiger partial charge in [-0.25, -0.2) is 4.63 Å². The van der Waals surface area contributed by atoms with Crippen LogP contribution in [0.4, 0.5) is 11.4 Å². The fourth-order valence-electron chi connectivity index (χ4n) is 2.60. The lowest BCUT2D eigenvalue weighted by Crippen LogP contribution is -2.37. The number of aromatic nitrogens is 2. The molecule has 20 heavy (non-hydrogen) atoms. The van der Waals surface area contributed by atoms with Crippen LogP contribution in [0.25, 0.3) is 11.0 Å². The first kappa shape index (κ1) is 12.8. The van der Waals surface area contributed by atoms with Gasteiger partial charge in [-0.15, -0.1) is 0 Å². The molecule has 1 aliphatic rings. The van der Waals surface area contributed by atoms with Crippen molar-refractivity contribution in [1.29, 1.82) is 0 Å². The van der Waals surface area contributed by atoms with Gasteiger partial charge in [-0.3, -0.25) is 10.1 Å². The van der Waals surface area contributed by atoms with Crippen molar-refractivity contribution in [3.05, 3.63) is 22.2 Å². The van der Waals surface area contributed by atoms with Crippen LogP contribution in [-0.2, 0) is 0 Å². The molecule has 3 rings (SSSR count). The summed E-state index contributed by atoms with van der Waals surface area (Å²) in [6.45, 7) is 6.33. The Balaban J connectivity index is 1.99. The minimum atomic E-state index is -0.463. The molecule has 2 aromatic rings. The van der Waals surface area contributed by atoms with Gasteiger partial charge in [0, 0.05) is 19.2 Å². The van der Waals surface area contributed by atoms with Gasteiger partial charge < -0.3 is 4.90 Å². The van der Waals surface area contributed by atoms with Gasteiger partial charge in [0.1, 0.15) is 0 Å². The molecule has 0 unspecified atom stereocenters. The van der Waals surface area contributed by atoms with Crippen molar-refractivity contribution < 1.29 is 9.55 Å². The van der Waals surface area contributed by atoms with Crippen LogP contribution in [0.3, 0.4) is 0 Å². The van der Waals surface area contributed by atoms with E-state index in [2.05, 4.69) is 29.1 Å². The third kappa shape index (κ3) is 2.09. The van der Waals surface area contributed by atoms with Gasteiger partial charge in [-0.1, -0.05) is 13.8 Å². The number of nitro benzene ring substituents is 1. The van der Waals surface area contributed by atoms with Crippen molar-refractivity contribution in [2.75, 3.05) is 18.0 Å². The van der Waals surface area contributed by atoms with Crippen LogP contribution in [0.2, 0.25) is 0 Å². The van der Waals surface area contributed by atoms with Crippen molar-refractivity contribution in [1.82, 2.24) is 10.3 Å². The lowest BCUT2D eigenvalue weighted by Gasteiger charge is -2.38. The summed E-state index contributed by atoms with van der Waals surface area (Å²) in [5.74, 6) is 0. The number of non-ortho nitro benzene ring substituents is 1. The van der Waals surface area contributed by atoms with Gasteiger partial charge in [0.05, 0.1) is 10.6 Å². The van der Waals surface area contributed by atoms with E-state index in [9.17, 15) is 10.1 Å². The van der Waals surface area contributed by atoms with Crippen molar-refractivity contribution >= 4 is 22.4 Å². The second kappa shape index (κ2) is 4.43. The summed E-state index contributed by atoms with van der Waals surface area (Å²) in [6, 6.07) is 3.21. The molecule has 7 nitrogen and oxygen atoms in total. The maximum atomic E-state index is 11.0. The second-order valence-electron chi connectivity index (χ2n) is 5.97. The van der Waals surface area contributed by atoms with Gasteiger partial charge >= 0.3 is 5.69 Å². The Hall–Kier alpha value is -2.18. The second-order valence-corrected chi connectivity index (χ2v) is 5.97. The molecule has 1 saturated heterocycles. The first-order chi connectivity index (χ1) is 9.48. The number of hydrogen-bond acceptors (Lipinski definition) is 6. The van der Waals surface area contributed by atoms with Crippen LogP contribution in [0.1, 0.15) is 26.7 Å². The predicted octanol–water partition coefficient (Wildman–Crippen LogP) is 2.76. The molecule has 0 radical (unpaired) electrons. The lowest BCUT2D eigenvalue weighted by molar-refractivity contribution is -0.383. The molecular formula is C13H16N4O3. The monoisotopic (exact) mass is 276 g/mol. The highest BCUT2D eigenvalue weighted by molar-refractivity contribution is 5.93. The number of piperidine rings is 1. The summed E-state index contributed by atoms with van der Waals surface area (Å²) in [4.78, 5) is 12.7. The predicted molar refractivity (Wildman–Crippen MR) is 73.7 cm³/mol. The Morgan fingerprint density at radius 2 is 1.90 bits per heavy atom. The zero-order valence-electron chi connectivity index (χ0n) is 11.5. The van der Waals surface area contributed by atoms with E-state index in [1.165, 1.54) is 6.07 Å². The van der Waals surface area contributed by atoms with Gasteiger partial charge in [-0.2, -0.15) is 0 Å². The van der Waals surface area contributed by atoms with E-state index in [4.69, 9.17) is 4.63 Å². The minimum Gasteiger partial charge on any atom is -0.370 e. The fraction of sp³-hybridized carbons (Fsp3) is 0.538. The Morgan fingerprint density at radius 1 is 1.25 bits per heavy atom. The van der Waals surface area contributed by atoms with E-state index in [0.29, 0.717) is 10.9 Å². The Kier molecular flexibility index (Phi) is 2.84. The van der Waals surface area contributed by atoms with E-state index in [1.807, 2.05) is 0 Å². The number of anilines is 1. The van der Waals surface area contributed by atoms with E-state index in [-0.39, 0.29) is 11.2 Å². The quantitative estimate of drug-likeness (QED) is 0.619.